The molecular formula is C18H21NO4. The molecule has 0 unspecified atom stereocenters. The zero-order valence-corrected chi connectivity index (χ0v) is 14.0. The van der Waals surface area contributed by atoms with E-state index in [1.165, 1.54) is 14.2 Å². The van der Waals surface area contributed by atoms with Gasteiger partial charge in [0.05, 0.1) is 19.8 Å². The Morgan fingerprint density at radius 3 is 2.13 bits per heavy atom. The molecule has 1 aliphatic rings. The van der Waals surface area contributed by atoms with Gasteiger partial charge in [0.2, 0.25) is 0 Å². The van der Waals surface area contributed by atoms with Gasteiger partial charge in [-0.3, -0.25) is 9.79 Å². The summed E-state index contributed by atoms with van der Waals surface area (Å²) in [6.45, 7) is 5.52. The highest BCUT2D eigenvalue weighted by molar-refractivity contribution is 6.06. The van der Waals surface area contributed by atoms with Gasteiger partial charge < -0.3 is 9.47 Å². The monoisotopic (exact) mass is 315 g/mol. The second-order valence-corrected chi connectivity index (χ2v) is 5.63. The summed E-state index contributed by atoms with van der Waals surface area (Å²) in [5.74, 6) is -1.99. The molecule has 5 nitrogen and oxygen atoms in total. The van der Waals surface area contributed by atoms with E-state index < -0.39 is 23.8 Å². The summed E-state index contributed by atoms with van der Waals surface area (Å²) >= 11 is 0. The minimum Gasteiger partial charge on any atom is -0.468 e. The van der Waals surface area contributed by atoms with Crippen LogP contribution in [0.4, 0.5) is 0 Å². The number of aliphatic imine (C=N–C) groups is 1. The number of esters is 2. The van der Waals surface area contributed by atoms with Crippen molar-refractivity contribution < 1.29 is 19.1 Å². The van der Waals surface area contributed by atoms with E-state index >= 15 is 0 Å². The first-order valence-corrected chi connectivity index (χ1v) is 7.39. The number of carbonyl (C=O) groups excluding carboxylic acids is 2. The van der Waals surface area contributed by atoms with Crippen LogP contribution in [0.2, 0.25) is 0 Å². The molecule has 0 fully saturated rings. The lowest BCUT2D eigenvalue weighted by molar-refractivity contribution is -0.143. The summed E-state index contributed by atoms with van der Waals surface area (Å²) < 4.78 is 9.85. The van der Waals surface area contributed by atoms with Gasteiger partial charge in [-0.1, -0.05) is 29.8 Å². The molecule has 0 aromatic heterocycles. The van der Waals surface area contributed by atoms with E-state index in [-0.39, 0.29) is 0 Å². The highest BCUT2D eigenvalue weighted by Gasteiger charge is 2.41. The SMILES string of the molecule is COC(=O)C1=C(C)N=C(C)[C@H](C(=O)OC)[C@@H]1c1ccc(C)cc1. The number of methoxy groups -OCH3 is 2. The van der Waals surface area contributed by atoms with Crippen LogP contribution in [-0.4, -0.2) is 31.9 Å². The fourth-order valence-corrected chi connectivity index (χ4v) is 2.98. The second kappa shape index (κ2) is 6.77. The summed E-state index contributed by atoms with van der Waals surface area (Å²) in [4.78, 5) is 29.0. The number of allylic oxidation sites excluding steroid dienone is 1. The van der Waals surface area contributed by atoms with Crippen LogP contribution in [0.1, 0.15) is 30.9 Å². The minimum absolute atomic E-state index is 0.400. The van der Waals surface area contributed by atoms with E-state index in [1.807, 2.05) is 31.2 Å². The topological polar surface area (TPSA) is 65.0 Å². The van der Waals surface area contributed by atoms with E-state index in [2.05, 4.69) is 4.99 Å². The Labute approximate surface area is 136 Å². The van der Waals surface area contributed by atoms with Crippen molar-refractivity contribution in [3.05, 3.63) is 46.7 Å². The number of aryl methyl sites for hydroxylation is 1. The number of benzene rings is 1. The number of carbonyl (C=O) groups is 2. The summed E-state index contributed by atoms with van der Waals surface area (Å²) in [7, 11) is 2.66. The molecule has 122 valence electrons. The molecule has 5 heteroatoms. The maximum absolute atomic E-state index is 12.3. The van der Waals surface area contributed by atoms with Gasteiger partial charge in [0.1, 0.15) is 5.92 Å². The van der Waals surface area contributed by atoms with Gasteiger partial charge in [0, 0.05) is 17.3 Å². The van der Waals surface area contributed by atoms with Crippen molar-refractivity contribution >= 4 is 17.7 Å². The Hall–Kier alpha value is -2.43. The summed E-state index contributed by atoms with van der Waals surface area (Å²) in [5.41, 5.74) is 3.56. The van der Waals surface area contributed by atoms with Crippen LogP contribution in [0.25, 0.3) is 0 Å². The van der Waals surface area contributed by atoms with Gasteiger partial charge in [0.25, 0.3) is 0 Å². The smallest absolute Gasteiger partial charge is 0.336 e. The predicted molar refractivity (Wildman–Crippen MR) is 87.3 cm³/mol. The standard InChI is InChI=1S/C18H21NO4/c1-10-6-8-13(9-7-10)16-14(17(20)22-4)11(2)19-12(3)15(16)18(21)23-5/h6-9,14,16H,1-5H3/t14-,16-/m0/s1. The lowest BCUT2D eigenvalue weighted by Gasteiger charge is -2.31. The molecule has 1 aromatic rings. The highest BCUT2D eigenvalue weighted by atomic mass is 16.5. The fourth-order valence-electron chi connectivity index (χ4n) is 2.98. The number of ether oxygens (including phenoxy) is 2. The molecule has 2 atom stereocenters. The van der Waals surface area contributed by atoms with E-state index in [4.69, 9.17) is 9.47 Å². The average molecular weight is 315 g/mol. The van der Waals surface area contributed by atoms with Crippen LogP contribution >= 0.6 is 0 Å². The van der Waals surface area contributed by atoms with Gasteiger partial charge in [-0.15, -0.1) is 0 Å². The molecule has 0 spiro atoms. The lowest BCUT2D eigenvalue weighted by Crippen LogP contribution is -2.36. The second-order valence-electron chi connectivity index (χ2n) is 5.63. The molecule has 0 amide bonds. The summed E-state index contributed by atoms with van der Waals surface area (Å²) in [6, 6.07) is 7.75. The zero-order valence-electron chi connectivity index (χ0n) is 14.0. The third kappa shape index (κ3) is 3.18. The van der Waals surface area contributed by atoms with Crippen molar-refractivity contribution in [2.45, 2.75) is 26.7 Å². The van der Waals surface area contributed by atoms with Crippen molar-refractivity contribution in [2.75, 3.05) is 14.2 Å². The summed E-state index contributed by atoms with van der Waals surface area (Å²) in [5, 5.41) is 0. The van der Waals surface area contributed by atoms with Crippen LogP contribution in [0, 0.1) is 12.8 Å². The molecular weight excluding hydrogens is 294 g/mol. The van der Waals surface area contributed by atoms with E-state index in [0.717, 1.165) is 11.1 Å². The maximum atomic E-state index is 12.3. The van der Waals surface area contributed by atoms with E-state index in [9.17, 15) is 9.59 Å². The Kier molecular flexibility index (Phi) is 4.98. The first-order chi connectivity index (χ1) is 10.9. The Balaban J connectivity index is 2.65. The third-order valence-corrected chi connectivity index (χ3v) is 4.13. The summed E-state index contributed by atoms with van der Waals surface area (Å²) in [6.07, 6.45) is 0. The molecule has 0 N–H and O–H groups in total. The van der Waals surface area contributed by atoms with E-state index in [1.54, 1.807) is 13.8 Å². The van der Waals surface area contributed by atoms with Crippen molar-refractivity contribution in [3.8, 4) is 0 Å². The lowest BCUT2D eigenvalue weighted by atomic mass is 9.75. The van der Waals surface area contributed by atoms with Crippen LogP contribution < -0.4 is 0 Å². The van der Waals surface area contributed by atoms with Crippen molar-refractivity contribution in [3.63, 3.8) is 0 Å². The molecule has 0 saturated heterocycles. The van der Waals surface area contributed by atoms with Gasteiger partial charge in [-0.2, -0.15) is 0 Å². The number of rotatable bonds is 3. The highest BCUT2D eigenvalue weighted by Crippen LogP contribution is 2.39. The number of nitrogens with zero attached hydrogens (tertiary/aromatic N) is 1. The molecule has 23 heavy (non-hydrogen) atoms. The molecule has 0 radical (unpaired) electrons. The van der Waals surface area contributed by atoms with Crippen molar-refractivity contribution in [2.24, 2.45) is 10.9 Å². The van der Waals surface area contributed by atoms with Crippen LogP contribution in [0.3, 0.4) is 0 Å². The van der Waals surface area contributed by atoms with Gasteiger partial charge in [0.15, 0.2) is 0 Å². The van der Waals surface area contributed by atoms with E-state index in [0.29, 0.717) is 17.0 Å². The number of hydrogen-bond donors (Lipinski definition) is 0. The van der Waals surface area contributed by atoms with Crippen LogP contribution in [0.15, 0.2) is 40.5 Å². The maximum Gasteiger partial charge on any atom is 0.336 e. The predicted octanol–water partition coefficient (Wildman–Crippen LogP) is 2.79. The van der Waals surface area contributed by atoms with Crippen molar-refractivity contribution in [1.82, 2.24) is 0 Å². The van der Waals surface area contributed by atoms with Gasteiger partial charge in [-0.25, -0.2) is 4.79 Å². The molecule has 0 aliphatic carbocycles. The largest absolute Gasteiger partial charge is 0.468 e. The third-order valence-electron chi connectivity index (χ3n) is 4.13. The fraction of sp³-hybridized carbons (Fsp3) is 0.389. The molecule has 1 aliphatic heterocycles. The average Bonchev–Trinajstić information content (AvgIpc) is 2.53. The van der Waals surface area contributed by atoms with Gasteiger partial charge in [-0.05, 0) is 26.3 Å². The first kappa shape index (κ1) is 16.9. The van der Waals surface area contributed by atoms with Crippen LogP contribution in [0.5, 0.6) is 0 Å². The molecule has 1 heterocycles. The zero-order chi connectivity index (χ0) is 17.1. The van der Waals surface area contributed by atoms with Crippen LogP contribution in [-0.2, 0) is 19.1 Å². The Morgan fingerprint density at radius 2 is 1.61 bits per heavy atom. The van der Waals surface area contributed by atoms with Gasteiger partial charge >= 0.3 is 11.9 Å². The molecule has 0 saturated carbocycles. The molecule has 1 aromatic carbocycles. The number of hydrogen-bond acceptors (Lipinski definition) is 5. The quantitative estimate of drug-likeness (QED) is 0.805. The minimum atomic E-state index is -0.638. The first-order valence-electron chi connectivity index (χ1n) is 7.39. The van der Waals surface area contributed by atoms with Crippen molar-refractivity contribution in [1.29, 1.82) is 0 Å². The Bertz CT molecular complexity index is 685. The molecule has 0 bridgehead atoms. The molecule has 2 rings (SSSR count). The Morgan fingerprint density at radius 1 is 1.00 bits per heavy atom. The normalized spacial score (nSPS) is 20.8.